The average molecular weight is 258 g/mol. The van der Waals surface area contributed by atoms with E-state index in [0.717, 1.165) is 19.6 Å². The Labute approximate surface area is 114 Å². The molecule has 2 aromatic rings. The topological polar surface area (TPSA) is 17.4 Å². The van der Waals surface area contributed by atoms with Crippen molar-refractivity contribution in [3.05, 3.63) is 36.0 Å². The highest BCUT2D eigenvalue weighted by atomic mass is 16.5. The number of benzene rings is 1. The Bertz CT molecular complexity index is 565. The molecule has 19 heavy (non-hydrogen) atoms. The molecule has 1 saturated heterocycles. The molecule has 2 heterocycles. The van der Waals surface area contributed by atoms with Crippen LogP contribution in [0, 0.1) is 0 Å². The number of ether oxygens (including phenoxy) is 1. The zero-order valence-electron chi connectivity index (χ0n) is 12.0. The van der Waals surface area contributed by atoms with Crippen molar-refractivity contribution in [2.24, 2.45) is 7.05 Å². The number of aromatic nitrogens is 1. The van der Waals surface area contributed by atoms with E-state index in [1.807, 2.05) is 0 Å². The van der Waals surface area contributed by atoms with E-state index in [1.165, 1.54) is 16.5 Å². The van der Waals surface area contributed by atoms with Gasteiger partial charge in [0.25, 0.3) is 0 Å². The fraction of sp³-hybridized carbons (Fsp3) is 0.500. The van der Waals surface area contributed by atoms with Gasteiger partial charge in [0.15, 0.2) is 0 Å². The van der Waals surface area contributed by atoms with E-state index in [4.69, 9.17) is 4.74 Å². The van der Waals surface area contributed by atoms with Crippen LogP contribution in [-0.2, 0) is 18.3 Å². The SMILES string of the molecule is C[C@@H]1CN(Cc2ccc3ccn(C)c3c2)C[C@H](C)O1. The van der Waals surface area contributed by atoms with Crippen molar-refractivity contribution in [2.45, 2.75) is 32.6 Å². The third-order valence-electron chi connectivity index (χ3n) is 3.85. The van der Waals surface area contributed by atoms with Gasteiger partial charge in [0.05, 0.1) is 12.2 Å². The standard InChI is InChI=1S/C16H22N2O/c1-12-9-18(10-13(2)19-12)11-14-4-5-15-6-7-17(3)16(15)8-14/h4-8,12-13H,9-11H2,1-3H3/t12-,13+. The van der Waals surface area contributed by atoms with E-state index in [-0.39, 0.29) is 0 Å². The van der Waals surface area contributed by atoms with Crippen molar-refractivity contribution in [1.82, 2.24) is 9.47 Å². The highest BCUT2D eigenvalue weighted by Crippen LogP contribution is 2.19. The molecule has 0 radical (unpaired) electrons. The third kappa shape index (κ3) is 2.67. The van der Waals surface area contributed by atoms with E-state index < -0.39 is 0 Å². The zero-order chi connectivity index (χ0) is 13.4. The Morgan fingerprint density at radius 2 is 1.89 bits per heavy atom. The molecular weight excluding hydrogens is 236 g/mol. The summed E-state index contributed by atoms with van der Waals surface area (Å²) in [6.07, 6.45) is 2.79. The normalized spacial score (nSPS) is 25.0. The quantitative estimate of drug-likeness (QED) is 0.824. The number of hydrogen-bond acceptors (Lipinski definition) is 2. The summed E-state index contributed by atoms with van der Waals surface area (Å²) < 4.78 is 7.97. The summed E-state index contributed by atoms with van der Waals surface area (Å²) in [6.45, 7) is 7.37. The molecule has 1 aromatic carbocycles. The summed E-state index contributed by atoms with van der Waals surface area (Å²) in [7, 11) is 2.10. The van der Waals surface area contributed by atoms with Gasteiger partial charge < -0.3 is 9.30 Å². The molecule has 0 unspecified atom stereocenters. The van der Waals surface area contributed by atoms with E-state index in [1.54, 1.807) is 0 Å². The van der Waals surface area contributed by atoms with Gasteiger partial charge in [-0.2, -0.15) is 0 Å². The molecule has 0 spiro atoms. The van der Waals surface area contributed by atoms with Crippen LogP contribution in [-0.4, -0.2) is 34.8 Å². The smallest absolute Gasteiger partial charge is 0.0678 e. The van der Waals surface area contributed by atoms with Gasteiger partial charge in [-0.1, -0.05) is 12.1 Å². The van der Waals surface area contributed by atoms with E-state index in [0.29, 0.717) is 12.2 Å². The van der Waals surface area contributed by atoms with Gasteiger partial charge in [-0.05, 0) is 36.9 Å². The molecule has 0 aliphatic carbocycles. The Morgan fingerprint density at radius 1 is 1.16 bits per heavy atom. The average Bonchev–Trinajstić information content (AvgIpc) is 2.70. The first-order valence-corrected chi connectivity index (χ1v) is 7.03. The van der Waals surface area contributed by atoms with Crippen LogP contribution in [0.2, 0.25) is 0 Å². The summed E-state index contributed by atoms with van der Waals surface area (Å²) in [6, 6.07) is 8.93. The summed E-state index contributed by atoms with van der Waals surface area (Å²) in [5.74, 6) is 0. The van der Waals surface area contributed by atoms with Gasteiger partial charge in [0, 0.05) is 38.4 Å². The van der Waals surface area contributed by atoms with Crippen molar-refractivity contribution in [1.29, 1.82) is 0 Å². The van der Waals surface area contributed by atoms with Gasteiger partial charge >= 0.3 is 0 Å². The monoisotopic (exact) mass is 258 g/mol. The third-order valence-corrected chi connectivity index (χ3v) is 3.85. The first kappa shape index (κ1) is 12.7. The van der Waals surface area contributed by atoms with Crippen LogP contribution in [0.3, 0.4) is 0 Å². The number of morpholine rings is 1. The second-order valence-electron chi connectivity index (χ2n) is 5.77. The van der Waals surface area contributed by atoms with Gasteiger partial charge in [-0.15, -0.1) is 0 Å². The lowest BCUT2D eigenvalue weighted by Crippen LogP contribution is -2.44. The molecule has 2 atom stereocenters. The van der Waals surface area contributed by atoms with Crippen molar-refractivity contribution < 1.29 is 4.74 Å². The van der Waals surface area contributed by atoms with E-state index in [2.05, 4.69) is 60.8 Å². The Kier molecular flexibility index (Phi) is 3.33. The molecule has 1 aliphatic heterocycles. The molecule has 0 N–H and O–H groups in total. The predicted molar refractivity (Wildman–Crippen MR) is 78.2 cm³/mol. The van der Waals surface area contributed by atoms with Gasteiger partial charge in [-0.3, -0.25) is 4.90 Å². The molecule has 0 saturated carbocycles. The molecule has 0 amide bonds. The van der Waals surface area contributed by atoms with E-state index >= 15 is 0 Å². The lowest BCUT2D eigenvalue weighted by molar-refractivity contribution is -0.0704. The maximum atomic E-state index is 5.79. The largest absolute Gasteiger partial charge is 0.373 e. The lowest BCUT2D eigenvalue weighted by Gasteiger charge is -2.35. The molecule has 1 fully saturated rings. The minimum atomic E-state index is 0.336. The highest BCUT2D eigenvalue weighted by Gasteiger charge is 2.22. The van der Waals surface area contributed by atoms with Gasteiger partial charge in [0.1, 0.15) is 0 Å². The lowest BCUT2D eigenvalue weighted by atomic mass is 10.1. The second-order valence-corrected chi connectivity index (χ2v) is 5.77. The summed E-state index contributed by atoms with van der Waals surface area (Å²) >= 11 is 0. The van der Waals surface area contributed by atoms with Gasteiger partial charge in [-0.25, -0.2) is 0 Å². The van der Waals surface area contributed by atoms with Crippen LogP contribution in [0.4, 0.5) is 0 Å². The van der Waals surface area contributed by atoms with Crippen LogP contribution in [0.15, 0.2) is 30.5 Å². The molecule has 3 heteroatoms. The minimum Gasteiger partial charge on any atom is -0.373 e. The van der Waals surface area contributed by atoms with Gasteiger partial charge in [0.2, 0.25) is 0 Å². The first-order valence-electron chi connectivity index (χ1n) is 7.03. The number of fused-ring (bicyclic) bond motifs is 1. The summed E-state index contributed by atoms with van der Waals surface area (Å²) in [5.41, 5.74) is 2.70. The van der Waals surface area contributed by atoms with Crippen molar-refractivity contribution >= 4 is 10.9 Å². The van der Waals surface area contributed by atoms with Crippen molar-refractivity contribution in [3.8, 4) is 0 Å². The van der Waals surface area contributed by atoms with Crippen LogP contribution in [0.5, 0.6) is 0 Å². The number of aryl methyl sites for hydroxylation is 1. The second kappa shape index (κ2) is 4.99. The Morgan fingerprint density at radius 3 is 2.63 bits per heavy atom. The minimum absolute atomic E-state index is 0.336. The summed E-state index contributed by atoms with van der Waals surface area (Å²) in [4.78, 5) is 2.49. The van der Waals surface area contributed by atoms with E-state index in [9.17, 15) is 0 Å². The molecular formula is C16H22N2O. The molecule has 102 valence electrons. The molecule has 1 aliphatic rings. The number of hydrogen-bond donors (Lipinski definition) is 0. The Hall–Kier alpha value is -1.32. The predicted octanol–water partition coefficient (Wildman–Crippen LogP) is 2.79. The van der Waals surface area contributed by atoms with Crippen molar-refractivity contribution in [3.63, 3.8) is 0 Å². The van der Waals surface area contributed by atoms with Crippen LogP contribution in [0.25, 0.3) is 10.9 Å². The van der Waals surface area contributed by atoms with Crippen LogP contribution < -0.4 is 0 Å². The maximum absolute atomic E-state index is 5.79. The highest BCUT2D eigenvalue weighted by molar-refractivity contribution is 5.80. The first-order chi connectivity index (χ1) is 9.11. The van der Waals surface area contributed by atoms with Crippen molar-refractivity contribution in [2.75, 3.05) is 13.1 Å². The molecule has 1 aromatic heterocycles. The Balaban J connectivity index is 1.79. The molecule has 3 nitrogen and oxygen atoms in total. The van der Waals surface area contributed by atoms with Crippen LogP contribution >= 0.6 is 0 Å². The fourth-order valence-corrected chi connectivity index (χ4v) is 3.08. The van der Waals surface area contributed by atoms with Crippen LogP contribution in [0.1, 0.15) is 19.4 Å². The molecule has 0 bridgehead atoms. The molecule has 3 rings (SSSR count). The maximum Gasteiger partial charge on any atom is 0.0678 e. The number of nitrogens with zero attached hydrogens (tertiary/aromatic N) is 2. The fourth-order valence-electron chi connectivity index (χ4n) is 3.08. The number of rotatable bonds is 2. The summed E-state index contributed by atoms with van der Waals surface area (Å²) in [5, 5.41) is 1.31. The zero-order valence-corrected chi connectivity index (χ0v) is 12.0.